The summed E-state index contributed by atoms with van der Waals surface area (Å²) in [6, 6.07) is 12.1. The van der Waals surface area contributed by atoms with Gasteiger partial charge in [-0.15, -0.1) is 0 Å². The number of methoxy groups -OCH3 is 1. The molecular formula is C17H17BrN2O3. The van der Waals surface area contributed by atoms with Gasteiger partial charge in [-0.3, -0.25) is 4.79 Å². The number of amides is 1. The smallest absolute Gasteiger partial charge is 0.275 e. The second kappa shape index (κ2) is 7.78. The van der Waals surface area contributed by atoms with Crippen LogP contribution < -0.4 is 10.2 Å². The van der Waals surface area contributed by atoms with Gasteiger partial charge in [0.15, 0.2) is 0 Å². The largest absolute Gasteiger partial charge is 0.507 e. The van der Waals surface area contributed by atoms with Crippen molar-refractivity contribution < 1.29 is 14.6 Å². The van der Waals surface area contributed by atoms with E-state index in [1.54, 1.807) is 19.2 Å². The summed E-state index contributed by atoms with van der Waals surface area (Å²) < 4.78 is 5.83. The van der Waals surface area contributed by atoms with Crippen LogP contribution in [-0.4, -0.2) is 23.8 Å². The molecule has 6 heteroatoms. The lowest BCUT2D eigenvalue weighted by molar-refractivity contribution is 0.0952. The first kappa shape index (κ1) is 17.0. The van der Waals surface area contributed by atoms with Gasteiger partial charge in [0.05, 0.1) is 18.4 Å². The van der Waals surface area contributed by atoms with Crippen molar-refractivity contribution in [3.63, 3.8) is 0 Å². The molecular weight excluding hydrogens is 360 g/mol. The fourth-order valence-electron chi connectivity index (χ4n) is 2.00. The number of hydrazone groups is 1. The van der Waals surface area contributed by atoms with Crippen LogP contribution in [0.4, 0.5) is 0 Å². The van der Waals surface area contributed by atoms with Gasteiger partial charge in [-0.2, -0.15) is 5.10 Å². The molecule has 0 heterocycles. The zero-order valence-corrected chi connectivity index (χ0v) is 14.4. The summed E-state index contributed by atoms with van der Waals surface area (Å²) in [5.41, 5.74) is 4.27. The number of benzene rings is 2. The minimum Gasteiger partial charge on any atom is -0.507 e. The summed E-state index contributed by atoms with van der Waals surface area (Å²) in [6.45, 7) is 1.95. The van der Waals surface area contributed by atoms with E-state index < -0.39 is 5.91 Å². The van der Waals surface area contributed by atoms with E-state index in [1.807, 2.05) is 31.2 Å². The van der Waals surface area contributed by atoms with Crippen molar-refractivity contribution in [2.24, 2.45) is 5.10 Å². The number of aromatic hydroxyl groups is 1. The Hall–Kier alpha value is -2.34. The van der Waals surface area contributed by atoms with Crippen molar-refractivity contribution in [1.29, 1.82) is 0 Å². The number of carbonyl (C=O) groups excluding carboxylic acids is 1. The molecule has 0 radical (unpaired) electrons. The summed E-state index contributed by atoms with van der Waals surface area (Å²) >= 11 is 3.27. The molecule has 23 heavy (non-hydrogen) atoms. The Morgan fingerprint density at radius 3 is 2.57 bits per heavy atom. The van der Waals surface area contributed by atoms with E-state index in [0.29, 0.717) is 10.9 Å². The number of phenols is 1. The Morgan fingerprint density at radius 1 is 1.26 bits per heavy atom. The van der Waals surface area contributed by atoms with E-state index in [-0.39, 0.29) is 11.3 Å². The van der Waals surface area contributed by atoms with Crippen molar-refractivity contribution in [1.82, 2.24) is 5.43 Å². The van der Waals surface area contributed by atoms with Crippen molar-refractivity contribution >= 4 is 27.5 Å². The quantitative estimate of drug-likeness (QED) is 0.617. The van der Waals surface area contributed by atoms with Crippen molar-refractivity contribution in [2.75, 3.05) is 7.11 Å². The van der Waals surface area contributed by atoms with Gasteiger partial charge in [-0.05, 0) is 54.4 Å². The molecule has 2 aromatic rings. The minimum atomic E-state index is -0.469. The highest BCUT2D eigenvalue weighted by molar-refractivity contribution is 9.10. The third-order valence-electron chi connectivity index (χ3n) is 3.25. The normalized spacial score (nSPS) is 11.2. The monoisotopic (exact) mass is 376 g/mol. The number of halogens is 1. The van der Waals surface area contributed by atoms with Crippen LogP contribution in [0.2, 0.25) is 0 Å². The molecule has 2 aromatic carbocycles. The third-order valence-corrected chi connectivity index (χ3v) is 3.75. The van der Waals surface area contributed by atoms with E-state index in [0.717, 1.165) is 17.0 Å². The summed E-state index contributed by atoms with van der Waals surface area (Å²) in [4.78, 5) is 12.2. The van der Waals surface area contributed by atoms with Gasteiger partial charge in [-0.25, -0.2) is 5.43 Å². The maximum absolute atomic E-state index is 12.2. The molecule has 1 amide bonds. The molecule has 2 N–H and O–H groups in total. The predicted octanol–water partition coefficient (Wildman–Crippen LogP) is 3.71. The van der Waals surface area contributed by atoms with Gasteiger partial charge in [0, 0.05) is 4.47 Å². The Balaban J connectivity index is 2.18. The lowest BCUT2D eigenvalue weighted by Gasteiger charge is -2.07. The second-order valence-electron chi connectivity index (χ2n) is 4.74. The molecule has 2 rings (SSSR count). The molecule has 120 valence electrons. The average Bonchev–Trinajstić information content (AvgIpc) is 2.58. The van der Waals surface area contributed by atoms with Crippen LogP contribution in [0.5, 0.6) is 11.5 Å². The van der Waals surface area contributed by atoms with Gasteiger partial charge in [0.1, 0.15) is 11.5 Å². The highest BCUT2D eigenvalue weighted by atomic mass is 79.9. The number of hydrogen-bond donors (Lipinski definition) is 2. The molecule has 0 atom stereocenters. The van der Waals surface area contributed by atoms with E-state index >= 15 is 0 Å². The fraction of sp³-hybridized carbons (Fsp3) is 0.176. The van der Waals surface area contributed by atoms with Gasteiger partial charge in [-0.1, -0.05) is 22.9 Å². The maximum atomic E-state index is 12.2. The molecule has 0 aliphatic heterocycles. The van der Waals surface area contributed by atoms with Crippen LogP contribution in [0.3, 0.4) is 0 Å². The Morgan fingerprint density at radius 2 is 1.96 bits per heavy atom. The lowest BCUT2D eigenvalue weighted by atomic mass is 10.1. The van der Waals surface area contributed by atoms with Crippen molar-refractivity contribution in [3.8, 4) is 11.5 Å². The summed E-state index contributed by atoms with van der Waals surface area (Å²) in [5.74, 6) is 0.193. The molecule has 0 aliphatic rings. The van der Waals surface area contributed by atoms with E-state index in [4.69, 9.17) is 4.74 Å². The molecule has 0 spiro atoms. The topological polar surface area (TPSA) is 70.9 Å². The van der Waals surface area contributed by atoms with E-state index in [2.05, 4.69) is 26.5 Å². The summed E-state index contributed by atoms with van der Waals surface area (Å²) in [6.07, 6.45) is 0.650. The number of rotatable bonds is 5. The molecule has 5 nitrogen and oxygen atoms in total. The van der Waals surface area contributed by atoms with Crippen molar-refractivity contribution in [2.45, 2.75) is 13.3 Å². The number of nitrogens with zero attached hydrogens (tertiary/aromatic N) is 1. The van der Waals surface area contributed by atoms with Crippen LogP contribution in [0.15, 0.2) is 52.0 Å². The molecule has 0 saturated carbocycles. The first-order valence-corrected chi connectivity index (χ1v) is 7.84. The zero-order valence-electron chi connectivity index (χ0n) is 12.8. The summed E-state index contributed by atoms with van der Waals surface area (Å²) in [5, 5.41) is 13.9. The molecule has 0 saturated heterocycles. The van der Waals surface area contributed by atoms with E-state index in [1.165, 1.54) is 6.07 Å². The highest BCUT2D eigenvalue weighted by Gasteiger charge is 2.11. The first-order chi connectivity index (χ1) is 11.0. The predicted molar refractivity (Wildman–Crippen MR) is 93.1 cm³/mol. The van der Waals surface area contributed by atoms with Gasteiger partial charge in [0.25, 0.3) is 5.91 Å². The molecule has 0 aromatic heterocycles. The van der Waals surface area contributed by atoms with E-state index in [9.17, 15) is 9.90 Å². The lowest BCUT2D eigenvalue weighted by Crippen LogP contribution is -2.20. The van der Waals surface area contributed by atoms with Crippen molar-refractivity contribution in [3.05, 3.63) is 58.1 Å². The van der Waals surface area contributed by atoms with Gasteiger partial charge >= 0.3 is 0 Å². The molecule has 0 unspecified atom stereocenters. The number of carbonyl (C=O) groups is 1. The maximum Gasteiger partial charge on any atom is 0.275 e. The first-order valence-electron chi connectivity index (χ1n) is 7.05. The molecule has 0 aliphatic carbocycles. The molecule has 0 bridgehead atoms. The average molecular weight is 377 g/mol. The van der Waals surface area contributed by atoms with Crippen LogP contribution in [-0.2, 0) is 0 Å². The van der Waals surface area contributed by atoms with Gasteiger partial charge < -0.3 is 9.84 Å². The Labute approximate surface area is 143 Å². The second-order valence-corrected chi connectivity index (χ2v) is 5.66. The fourth-order valence-corrected chi connectivity index (χ4v) is 2.36. The number of hydrogen-bond acceptors (Lipinski definition) is 4. The highest BCUT2D eigenvalue weighted by Crippen LogP contribution is 2.21. The minimum absolute atomic E-state index is 0.0941. The Kier molecular flexibility index (Phi) is 5.76. The van der Waals surface area contributed by atoms with Crippen LogP contribution in [0, 0.1) is 0 Å². The third kappa shape index (κ3) is 4.32. The van der Waals surface area contributed by atoms with Gasteiger partial charge in [0.2, 0.25) is 0 Å². The standard InChI is InChI=1S/C17H17BrN2O3/c1-3-15(11-4-7-13(23-2)8-5-11)19-20-17(22)14-10-12(18)6-9-16(14)21/h4-10,21H,3H2,1-2H3,(H,20,22). The number of phenolic OH excluding ortho intramolecular Hbond substituents is 1. The molecule has 0 fully saturated rings. The SMILES string of the molecule is CCC(=NNC(=O)c1cc(Br)ccc1O)c1ccc(OC)cc1. The number of nitrogens with one attached hydrogen (secondary N) is 1. The van der Waals surface area contributed by atoms with Crippen LogP contribution in [0.25, 0.3) is 0 Å². The zero-order chi connectivity index (χ0) is 16.8. The summed E-state index contributed by atoms with van der Waals surface area (Å²) in [7, 11) is 1.61. The Bertz CT molecular complexity index is 727. The van der Waals surface area contributed by atoms with Crippen LogP contribution >= 0.6 is 15.9 Å². The van der Waals surface area contributed by atoms with Crippen LogP contribution in [0.1, 0.15) is 29.3 Å². The number of ether oxygens (including phenoxy) is 1.